The van der Waals surface area contributed by atoms with E-state index < -0.39 is 59.0 Å². The molecule has 0 radical (unpaired) electrons. The van der Waals surface area contributed by atoms with Crippen molar-refractivity contribution in [1.29, 1.82) is 0 Å². The van der Waals surface area contributed by atoms with Gasteiger partial charge in [-0.1, -0.05) is 91.2 Å². The number of unbranched alkanes of at least 4 members (excludes halogenated alkanes) is 8. The number of fused-ring (bicyclic) bond motifs is 1. The van der Waals surface area contributed by atoms with Crippen molar-refractivity contribution in [1.82, 2.24) is 0 Å². The van der Waals surface area contributed by atoms with Crippen molar-refractivity contribution in [3.63, 3.8) is 0 Å². The molecule has 0 aromatic carbocycles. The minimum Gasteiger partial charge on any atom is -0.461 e. The number of Topliss-reactive ketones (excluding diaryl/α,β-unsaturated/α-hetero) is 1. The van der Waals surface area contributed by atoms with Gasteiger partial charge in [-0.05, 0) is 36.8 Å². The Bertz CT molecular complexity index is 921. The Kier molecular flexibility index (Phi) is 10.0. The molecule has 0 aliphatic heterocycles. The predicted molar refractivity (Wildman–Crippen MR) is 146 cm³/mol. The highest BCUT2D eigenvalue weighted by molar-refractivity contribution is 5.95. The first-order valence-corrected chi connectivity index (χ1v) is 14.7. The van der Waals surface area contributed by atoms with Gasteiger partial charge in [0, 0.05) is 11.8 Å². The lowest BCUT2D eigenvalue weighted by atomic mass is 9.59. The molecule has 0 saturated heterocycles. The smallest absolute Gasteiger partial charge is 0.306 e. The topological polar surface area (TPSA) is 124 Å². The van der Waals surface area contributed by atoms with Crippen LogP contribution in [0.3, 0.4) is 0 Å². The number of hydrogen-bond acceptors (Lipinski definition) is 7. The standard InChI is InChI=1S/C31H50O7/c1-6-7-8-9-10-11-12-13-14-15-24(33)38-28-23-16-22(19-32)26(35)31(37)25(34)20(2)17-30(31,27(23)36)21(3)18-29(28,4)5/h16-17,21,23,25-26,28,32,34-35,37H,6-15,18-19H2,1-5H3/t21-,23-,25+,26-,28-,30+,31-/m1/s1. The maximum Gasteiger partial charge on any atom is 0.306 e. The Morgan fingerprint density at radius 1 is 1.03 bits per heavy atom. The molecule has 3 rings (SSSR count). The third-order valence-electron chi connectivity index (χ3n) is 9.47. The van der Waals surface area contributed by atoms with Gasteiger partial charge in [0.05, 0.1) is 17.9 Å². The molecule has 0 aromatic heterocycles. The lowest BCUT2D eigenvalue weighted by molar-refractivity contribution is -0.189. The minimum atomic E-state index is -2.22. The number of aliphatic hydroxyl groups excluding tert-OH is 3. The molecule has 216 valence electrons. The SMILES string of the molecule is CCCCCCCCCCCC(=O)O[C@@H]1[C@@H]2C=C(CO)[C@@H](O)[C@]3(O)[C@@H](O)C(C)=C[C@@]3(C2=O)[C@H](C)CC1(C)C. The second-order valence-electron chi connectivity index (χ2n) is 12.8. The van der Waals surface area contributed by atoms with Crippen LogP contribution in [0.25, 0.3) is 0 Å². The normalized spacial score (nSPS) is 36.1. The molecule has 7 atom stereocenters. The van der Waals surface area contributed by atoms with Crippen LogP contribution in [0.5, 0.6) is 0 Å². The molecule has 2 bridgehead atoms. The van der Waals surface area contributed by atoms with Crippen molar-refractivity contribution in [2.24, 2.45) is 22.7 Å². The Balaban J connectivity index is 1.79. The molecular weight excluding hydrogens is 484 g/mol. The van der Waals surface area contributed by atoms with E-state index in [0.717, 1.165) is 19.3 Å². The quantitative estimate of drug-likeness (QED) is 0.166. The van der Waals surface area contributed by atoms with E-state index in [9.17, 15) is 30.0 Å². The van der Waals surface area contributed by atoms with Gasteiger partial charge in [-0.15, -0.1) is 0 Å². The molecule has 1 fully saturated rings. The van der Waals surface area contributed by atoms with E-state index in [2.05, 4.69) is 6.92 Å². The van der Waals surface area contributed by atoms with Crippen molar-refractivity contribution in [3.05, 3.63) is 23.3 Å². The molecule has 1 spiro atoms. The maximum atomic E-state index is 14.3. The Morgan fingerprint density at radius 2 is 1.61 bits per heavy atom. The summed E-state index contributed by atoms with van der Waals surface area (Å²) in [5.74, 6) is -2.19. The number of ether oxygens (including phenoxy) is 1. The van der Waals surface area contributed by atoms with Gasteiger partial charge in [0.1, 0.15) is 23.9 Å². The van der Waals surface area contributed by atoms with Crippen molar-refractivity contribution >= 4 is 11.8 Å². The second kappa shape index (κ2) is 12.3. The zero-order valence-electron chi connectivity index (χ0n) is 24.0. The molecule has 3 aliphatic carbocycles. The summed E-state index contributed by atoms with van der Waals surface area (Å²) in [5.41, 5.74) is -3.97. The maximum absolute atomic E-state index is 14.3. The summed E-state index contributed by atoms with van der Waals surface area (Å²) in [6.45, 7) is 8.99. The number of aliphatic hydroxyl groups is 4. The van der Waals surface area contributed by atoms with Crippen LogP contribution in [0, 0.1) is 22.7 Å². The highest BCUT2D eigenvalue weighted by Crippen LogP contribution is 2.61. The number of esters is 1. The van der Waals surface area contributed by atoms with E-state index in [1.54, 1.807) is 13.0 Å². The van der Waals surface area contributed by atoms with E-state index in [1.165, 1.54) is 44.6 Å². The molecule has 0 aromatic rings. The monoisotopic (exact) mass is 534 g/mol. The fourth-order valence-corrected chi connectivity index (χ4v) is 7.44. The van der Waals surface area contributed by atoms with Gasteiger partial charge in [0.15, 0.2) is 5.78 Å². The first kappa shape index (κ1) is 31.0. The highest BCUT2D eigenvalue weighted by atomic mass is 16.5. The van der Waals surface area contributed by atoms with Crippen molar-refractivity contribution in [3.8, 4) is 0 Å². The molecule has 0 heterocycles. The molecule has 0 unspecified atom stereocenters. The van der Waals surface area contributed by atoms with Crippen LogP contribution < -0.4 is 0 Å². The van der Waals surface area contributed by atoms with Gasteiger partial charge in [0.2, 0.25) is 0 Å². The number of rotatable bonds is 12. The molecule has 7 nitrogen and oxygen atoms in total. The largest absolute Gasteiger partial charge is 0.461 e. The molecule has 7 heteroatoms. The fraction of sp³-hybridized carbons (Fsp3) is 0.806. The number of carbonyl (C=O) groups excluding carboxylic acids is 2. The summed E-state index contributed by atoms with van der Waals surface area (Å²) < 4.78 is 6.05. The Morgan fingerprint density at radius 3 is 2.18 bits per heavy atom. The van der Waals surface area contributed by atoms with Crippen LogP contribution >= 0.6 is 0 Å². The first-order valence-electron chi connectivity index (χ1n) is 14.7. The van der Waals surface area contributed by atoms with E-state index in [1.807, 2.05) is 20.8 Å². The van der Waals surface area contributed by atoms with Crippen LogP contribution in [0.4, 0.5) is 0 Å². The van der Waals surface area contributed by atoms with Gasteiger partial charge < -0.3 is 25.2 Å². The summed E-state index contributed by atoms with van der Waals surface area (Å²) >= 11 is 0. The summed E-state index contributed by atoms with van der Waals surface area (Å²) in [6.07, 6.45) is 10.1. The Hall–Kier alpha value is -1.54. The molecule has 1 saturated carbocycles. The third-order valence-corrected chi connectivity index (χ3v) is 9.47. The van der Waals surface area contributed by atoms with Crippen molar-refractivity contribution in [2.45, 2.75) is 129 Å². The second-order valence-corrected chi connectivity index (χ2v) is 12.8. The number of ketones is 1. The summed E-state index contributed by atoms with van der Waals surface area (Å²) in [4.78, 5) is 27.3. The van der Waals surface area contributed by atoms with Gasteiger partial charge in [0.25, 0.3) is 0 Å². The zero-order chi connectivity index (χ0) is 28.3. The van der Waals surface area contributed by atoms with Gasteiger partial charge in [-0.3, -0.25) is 9.59 Å². The fourth-order valence-electron chi connectivity index (χ4n) is 7.44. The Labute approximate surface area is 228 Å². The average molecular weight is 535 g/mol. The molecular formula is C31H50O7. The minimum absolute atomic E-state index is 0.0553. The molecule has 3 aliphatic rings. The van der Waals surface area contributed by atoms with E-state index in [4.69, 9.17) is 4.74 Å². The van der Waals surface area contributed by atoms with Gasteiger partial charge >= 0.3 is 5.97 Å². The summed E-state index contributed by atoms with van der Waals surface area (Å²) in [6, 6.07) is 0. The highest BCUT2D eigenvalue weighted by Gasteiger charge is 2.72. The zero-order valence-corrected chi connectivity index (χ0v) is 24.0. The van der Waals surface area contributed by atoms with E-state index in [0.29, 0.717) is 12.0 Å². The average Bonchev–Trinajstić information content (AvgIpc) is 3.01. The first-order chi connectivity index (χ1) is 17.9. The van der Waals surface area contributed by atoms with Crippen LogP contribution in [-0.2, 0) is 14.3 Å². The van der Waals surface area contributed by atoms with Crippen LogP contribution in [0.15, 0.2) is 23.3 Å². The summed E-state index contributed by atoms with van der Waals surface area (Å²) in [7, 11) is 0. The van der Waals surface area contributed by atoms with Crippen molar-refractivity contribution < 1.29 is 34.8 Å². The predicted octanol–water partition coefficient (Wildman–Crippen LogP) is 4.40. The van der Waals surface area contributed by atoms with Crippen LogP contribution in [-0.4, -0.2) is 62.7 Å². The molecule has 4 N–H and O–H groups in total. The van der Waals surface area contributed by atoms with Gasteiger partial charge in [-0.25, -0.2) is 0 Å². The van der Waals surface area contributed by atoms with E-state index >= 15 is 0 Å². The van der Waals surface area contributed by atoms with E-state index in [-0.39, 0.29) is 18.0 Å². The van der Waals surface area contributed by atoms with Crippen LogP contribution in [0.2, 0.25) is 0 Å². The van der Waals surface area contributed by atoms with Crippen molar-refractivity contribution in [2.75, 3.05) is 6.61 Å². The number of hydrogen-bond donors (Lipinski definition) is 4. The lowest BCUT2D eigenvalue weighted by Crippen LogP contribution is -2.65. The third kappa shape index (κ3) is 5.41. The van der Waals surface area contributed by atoms with Gasteiger partial charge in [-0.2, -0.15) is 0 Å². The molecule has 38 heavy (non-hydrogen) atoms. The van der Waals surface area contributed by atoms with Crippen LogP contribution in [0.1, 0.15) is 105 Å². The summed E-state index contributed by atoms with van der Waals surface area (Å²) in [5, 5.41) is 44.3. The molecule has 0 amide bonds. The lowest BCUT2D eigenvalue weighted by Gasteiger charge is -2.48. The number of carbonyl (C=O) groups is 2.